The Bertz CT molecular complexity index is 860. The highest BCUT2D eigenvalue weighted by Gasteiger charge is 2.30. The van der Waals surface area contributed by atoms with Crippen LogP contribution in [0.5, 0.6) is 0 Å². The number of sulfonamides is 1. The molecule has 1 saturated heterocycles. The minimum Gasteiger partial charge on any atom is -0.336 e. The lowest BCUT2D eigenvalue weighted by Gasteiger charge is -2.35. The van der Waals surface area contributed by atoms with Gasteiger partial charge in [-0.15, -0.1) is 0 Å². The number of carbonyl (C=O) groups excluding carboxylic acids is 1. The summed E-state index contributed by atoms with van der Waals surface area (Å²) in [6.45, 7) is 1.95. The fraction of sp³-hybridized carbons (Fsp3) is 0.375. The maximum Gasteiger partial charge on any atom is 0.254 e. The SMILES string of the molecule is Cn1ccnc1C1CNCCN1C(=O)c1ccc(NS(C)(=O)=O)cc1. The van der Waals surface area contributed by atoms with Gasteiger partial charge >= 0.3 is 0 Å². The number of aromatic nitrogens is 2. The molecule has 9 heteroatoms. The minimum absolute atomic E-state index is 0.0968. The average Bonchev–Trinajstić information content (AvgIpc) is 2.99. The van der Waals surface area contributed by atoms with Crippen LogP contribution in [0.4, 0.5) is 5.69 Å². The number of rotatable bonds is 4. The molecule has 2 heterocycles. The second-order valence-electron chi connectivity index (χ2n) is 6.07. The van der Waals surface area contributed by atoms with Gasteiger partial charge in [-0.1, -0.05) is 0 Å². The molecule has 1 amide bonds. The Morgan fingerprint density at radius 1 is 1.32 bits per heavy atom. The predicted molar refractivity (Wildman–Crippen MR) is 94.8 cm³/mol. The smallest absolute Gasteiger partial charge is 0.254 e. The number of anilines is 1. The molecular weight excluding hydrogens is 342 g/mol. The van der Waals surface area contributed by atoms with Gasteiger partial charge in [-0.3, -0.25) is 9.52 Å². The standard InChI is InChI=1S/C16H21N5O3S/c1-20-9-8-18-15(20)14-11-17-7-10-21(14)16(22)12-3-5-13(6-4-12)19-25(2,23)24/h3-6,8-9,14,17,19H,7,10-11H2,1-2H3. The Kier molecular flexibility index (Phi) is 4.78. The first kappa shape index (κ1) is 17.4. The molecule has 1 unspecified atom stereocenters. The van der Waals surface area contributed by atoms with Crippen molar-refractivity contribution >= 4 is 21.6 Å². The van der Waals surface area contributed by atoms with Crippen LogP contribution in [0.3, 0.4) is 0 Å². The lowest BCUT2D eigenvalue weighted by Crippen LogP contribution is -2.49. The van der Waals surface area contributed by atoms with Crippen molar-refractivity contribution in [3.63, 3.8) is 0 Å². The van der Waals surface area contributed by atoms with Crippen molar-refractivity contribution in [2.75, 3.05) is 30.6 Å². The maximum atomic E-state index is 12.9. The van der Waals surface area contributed by atoms with Gasteiger partial charge in [-0.2, -0.15) is 0 Å². The van der Waals surface area contributed by atoms with E-state index in [1.807, 2.05) is 17.8 Å². The molecule has 0 bridgehead atoms. The molecule has 1 aliphatic heterocycles. The van der Waals surface area contributed by atoms with Crippen LogP contribution in [0.15, 0.2) is 36.7 Å². The van der Waals surface area contributed by atoms with Crippen molar-refractivity contribution in [3.8, 4) is 0 Å². The third-order valence-corrected chi connectivity index (χ3v) is 4.70. The zero-order valence-electron chi connectivity index (χ0n) is 14.1. The van der Waals surface area contributed by atoms with Crippen molar-refractivity contribution < 1.29 is 13.2 Å². The van der Waals surface area contributed by atoms with E-state index < -0.39 is 10.0 Å². The van der Waals surface area contributed by atoms with Gasteiger partial charge < -0.3 is 14.8 Å². The molecule has 0 aliphatic carbocycles. The van der Waals surface area contributed by atoms with Gasteiger partial charge in [0, 0.05) is 50.3 Å². The molecule has 3 rings (SSSR count). The number of piperazine rings is 1. The molecule has 0 spiro atoms. The van der Waals surface area contributed by atoms with E-state index in [9.17, 15) is 13.2 Å². The number of nitrogens with one attached hydrogen (secondary N) is 2. The first-order chi connectivity index (χ1) is 11.8. The number of hydrogen-bond donors (Lipinski definition) is 2. The van der Waals surface area contributed by atoms with Crippen LogP contribution in [0, 0.1) is 0 Å². The van der Waals surface area contributed by atoms with Crippen LogP contribution in [0.25, 0.3) is 0 Å². The monoisotopic (exact) mass is 363 g/mol. The zero-order valence-corrected chi connectivity index (χ0v) is 15.0. The van der Waals surface area contributed by atoms with E-state index in [4.69, 9.17) is 0 Å². The molecule has 1 fully saturated rings. The van der Waals surface area contributed by atoms with E-state index in [2.05, 4.69) is 15.0 Å². The highest BCUT2D eigenvalue weighted by molar-refractivity contribution is 7.92. The van der Waals surface area contributed by atoms with Gasteiger partial charge in [-0.25, -0.2) is 13.4 Å². The third-order valence-electron chi connectivity index (χ3n) is 4.10. The summed E-state index contributed by atoms with van der Waals surface area (Å²) in [5.74, 6) is 0.733. The topological polar surface area (TPSA) is 96.3 Å². The summed E-state index contributed by atoms with van der Waals surface area (Å²) in [6.07, 6.45) is 4.67. The highest BCUT2D eigenvalue weighted by Crippen LogP contribution is 2.23. The lowest BCUT2D eigenvalue weighted by molar-refractivity contribution is 0.0621. The molecule has 2 N–H and O–H groups in total. The number of carbonyl (C=O) groups is 1. The van der Waals surface area contributed by atoms with E-state index >= 15 is 0 Å². The molecular formula is C16H21N5O3S. The van der Waals surface area contributed by atoms with Crippen LogP contribution in [-0.2, 0) is 17.1 Å². The number of hydrogen-bond acceptors (Lipinski definition) is 5. The van der Waals surface area contributed by atoms with Crippen molar-refractivity contribution in [1.29, 1.82) is 0 Å². The second-order valence-corrected chi connectivity index (χ2v) is 7.81. The molecule has 134 valence electrons. The Morgan fingerprint density at radius 2 is 2.04 bits per heavy atom. The summed E-state index contributed by atoms with van der Waals surface area (Å²) < 4.78 is 26.8. The van der Waals surface area contributed by atoms with Gasteiger partial charge in [0.2, 0.25) is 10.0 Å². The molecule has 1 atom stereocenters. The molecule has 0 radical (unpaired) electrons. The van der Waals surface area contributed by atoms with Gasteiger partial charge in [0.1, 0.15) is 11.9 Å². The molecule has 1 aromatic heterocycles. The zero-order chi connectivity index (χ0) is 18.0. The third kappa shape index (κ3) is 3.99. The van der Waals surface area contributed by atoms with Gasteiger partial charge in [0.25, 0.3) is 5.91 Å². The summed E-state index contributed by atoms with van der Waals surface area (Å²) in [5, 5.41) is 3.30. The van der Waals surface area contributed by atoms with Crippen molar-refractivity contribution in [3.05, 3.63) is 48.0 Å². The van der Waals surface area contributed by atoms with Crippen LogP contribution in [0.2, 0.25) is 0 Å². The first-order valence-corrected chi connectivity index (χ1v) is 9.81. The van der Waals surface area contributed by atoms with Crippen molar-refractivity contribution in [2.24, 2.45) is 7.05 Å². The summed E-state index contributed by atoms with van der Waals surface area (Å²) in [5.41, 5.74) is 0.945. The van der Waals surface area contributed by atoms with Crippen LogP contribution in [0.1, 0.15) is 22.2 Å². The molecule has 1 aliphatic rings. The fourth-order valence-electron chi connectivity index (χ4n) is 2.94. The van der Waals surface area contributed by atoms with Gasteiger partial charge in [0.05, 0.1) is 6.26 Å². The summed E-state index contributed by atoms with van der Waals surface area (Å²) in [7, 11) is -1.43. The van der Waals surface area contributed by atoms with Gasteiger partial charge in [0.15, 0.2) is 0 Å². The van der Waals surface area contributed by atoms with Crippen molar-refractivity contribution in [1.82, 2.24) is 19.8 Å². The average molecular weight is 363 g/mol. The van der Waals surface area contributed by atoms with Crippen LogP contribution in [-0.4, -0.2) is 54.7 Å². The number of benzene rings is 1. The van der Waals surface area contributed by atoms with Crippen LogP contribution >= 0.6 is 0 Å². The summed E-state index contributed by atoms with van der Waals surface area (Å²) >= 11 is 0. The minimum atomic E-state index is -3.34. The largest absolute Gasteiger partial charge is 0.336 e. The Morgan fingerprint density at radius 3 is 2.64 bits per heavy atom. The van der Waals surface area contributed by atoms with E-state index in [-0.39, 0.29) is 11.9 Å². The number of imidazole rings is 1. The quantitative estimate of drug-likeness (QED) is 0.828. The lowest BCUT2D eigenvalue weighted by atomic mass is 10.1. The Labute approximate surface area is 146 Å². The van der Waals surface area contributed by atoms with Crippen molar-refractivity contribution in [2.45, 2.75) is 6.04 Å². The van der Waals surface area contributed by atoms with E-state index in [0.717, 1.165) is 18.6 Å². The van der Waals surface area contributed by atoms with Gasteiger partial charge in [-0.05, 0) is 24.3 Å². The summed E-state index contributed by atoms with van der Waals surface area (Å²) in [6, 6.07) is 6.30. The maximum absolute atomic E-state index is 12.9. The highest BCUT2D eigenvalue weighted by atomic mass is 32.2. The molecule has 1 aromatic carbocycles. The Hall–Kier alpha value is -2.39. The van der Waals surface area contributed by atoms with Crippen LogP contribution < -0.4 is 10.0 Å². The molecule has 0 saturated carbocycles. The number of aryl methyl sites for hydroxylation is 1. The summed E-state index contributed by atoms with van der Waals surface area (Å²) in [4.78, 5) is 19.1. The molecule has 8 nitrogen and oxygen atoms in total. The number of nitrogens with zero attached hydrogens (tertiary/aromatic N) is 3. The normalized spacial score (nSPS) is 18.2. The fourth-order valence-corrected chi connectivity index (χ4v) is 3.50. The predicted octanol–water partition coefficient (Wildman–Crippen LogP) is 0.578. The molecule has 2 aromatic rings. The van der Waals surface area contributed by atoms with E-state index in [0.29, 0.717) is 24.3 Å². The van der Waals surface area contributed by atoms with E-state index in [1.165, 1.54) is 0 Å². The van der Waals surface area contributed by atoms with E-state index in [1.54, 1.807) is 35.4 Å². The second kappa shape index (κ2) is 6.85. The number of amides is 1. The first-order valence-electron chi connectivity index (χ1n) is 7.92. The Balaban J connectivity index is 1.82. The molecule has 25 heavy (non-hydrogen) atoms.